The number of likely N-dealkylation sites (N-methyl/N-ethyl adjacent to an activating group) is 1. The van der Waals surface area contributed by atoms with Crippen LogP contribution in [0.3, 0.4) is 0 Å². The lowest BCUT2D eigenvalue weighted by molar-refractivity contribution is -0.132. The Morgan fingerprint density at radius 1 is 1.33 bits per heavy atom. The molecule has 8 heteroatoms. The summed E-state index contributed by atoms with van der Waals surface area (Å²) in [7, 11) is -1.11. The second-order valence-corrected chi connectivity index (χ2v) is 6.94. The van der Waals surface area contributed by atoms with E-state index in [0.29, 0.717) is 18.9 Å². The maximum Gasteiger partial charge on any atom is 0.246 e. The van der Waals surface area contributed by atoms with Crippen molar-refractivity contribution in [2.45, 2.75) is 23.8 Å². The number of benzene rings is 1. The molecule has 1 aliphatic heterocycles. The van der Waals surface area contributed by atoms with Gasteiger partial charge in [-0.2, -0.15) is 4.31 Å². The van der Waals surface area contributed by atoms with Gasteiger partial charge in [-0.3, -0.25) is 4.79 Å². The second-order valence-electron chi connectivity index (χ2n) is 5.08. The molecule has 1 heterocycles. The number of sulfonamides is 1. The number of hydrogen-bond donors (Lipinski definition) is 0. The Morgan fingerprint density at radius 2 is 2.00 bits per heavy atom. The molecule has 1 saturated heterocycles. The summed E-state index contributed by atoms with van der Waals surface area (Å²) in [5.41, 5.74) is 0. The molecule has 0 aliphatic carbocycles. The highest BCUT2D eigenvalue weighted by Crippen LogP contribution is 2.28. The fourth-order valence-electron chi connectivity index (χ4n) is 2.38. The van der Waals surface area contributed by atoms with Crippen LogP contribution in [-0.2, 0) is 14.8 Å². The summed E-state index contributed by atoms with van der Waals surface area (Å²) in [4.78, 5) is 12.7. The maximum atomic E-state index is 13.7. The van der Waals surface area contributed by atoms with Gasteiger partial charge in [0.05, 0.1) is 0 Å². The highest BCUT2D eigenvalue weighted by molar-refractivity contribution is 7.89. The number of carbonyl (C=O) groups is 1. The van der Waals surface area contributed by atoms with Gasteiger partial charge in [-0.15, -0.1) is 0 Å². The van der Waals surface area contributed by atoms with Crippen LogP contribution in [0, 0.1) is 11.6 Å². The third-order valence-electron chi connectivity index (χ3n) is 3.41. The van der Waals surface area contributed by atoms with Crippen LogP contribution in [0.5, 0.6) is 0 Å². The molecule has 1 fully saturated rings. The lowest BCUT2D eigenvalue weighted by Gasteiger charge is -2.25. The number of halogens is 2. The highest BCUT2D eigenvalue weighted by atomic mass is 32.2. The monoisotopic (exact) mass is 318 g/mol. The fraction of sp³-hybridized carbons (Fsp3) is 0.462. The van der Waals surface area contributed by atoms with E-state index in [1.54, 1.807) is 0 Å². The minimum Gasteiger partial charge on any atom is -0.347 e. The molecule has 1 atom stereocenters. The summed E-state index contributed by atoms with van der Waals surface area (Å²) in [6.45, 7) is 0.142. The van der Waals surface area contributed by atoms with Crippen molar-refractivity contribution in [3.63, 3.8) is 0 Å². The normalized spacial score (nSPS) is 19.7. The number of rotatable bonds is 3. The molecule has 0 spiro atoms. The molecule has 5 nitrogen and oxygen atoms in total. The van der Waals surface area contributed by atoms with E-state index in [2.05, 4.69) is 0 Å². The zero-order valence-corrected chi connectivity index (χ0v) is 12.5. The SMILES string of the molecule is CN(C)C(=O)C1CCCN1S(=O)(=O)c1ccc(F)cc1F. The van der Waals surface area contributed by atoms with Crippen LogP contribution in [-0.4, -0.2) is 50.2 Å². The molecule has 0 bridgehead atoms. The topological polar surface area (TPSA) is 57.7 Å². The maximum absolute atomic E-state index is 13.7. The number of hydrogen-bond acceptors (Lipinski definition) is 3. The Morgan fingerprint density at radius 3 is 2.57 bits per heavy atom. The Hall–Kier alpha value is -1.54. The van der Waals surface area contributed by atoms with Crippen molar-refractivity contribution in [3.05, 3.63) is 29.8 Å². The first kappa shape index (κ1) is 15.8. The van der Waals surface area contributed by atoms with Crippen LogP contribution in [0.1, 0.15) is 12.8 Å². The van der Waals surface area contributed by atoms with E-state index in [9.17, 15) is 22.0 Å². The van der Waals surface area contributed by atoms with E-state index < -0.39 is 32.6 Å². The Balaban J connectivity index is 2.41. The summed E-state index contributed by atoms with van der Waals surface area (Å²) in [6.07, 6.45) is 0.908. The van der Waals surface area contributed by atoms with Crippen LogP contribution in [0.15, 0.2) is 23.1 Å². The number of carbonyl (C=O) groups excluding carboxylic acids is 1. The van der Waals surface area contributed by atoms with Crippen molar-refractivity contribution in [1.82, 2.24) is 9.21 Å². The van der Waals surface area contributed by atoms with Crippen LogP contribution >= 0.6 is 0 Å². The van der Waals surface area contributed by atoms with Crippen molar-refractivity contribution in [2.24, 2.45) is 0 Å². The van der Waals surface area contributed by atoms with Gasteiger partial charge in [0, 0.05) is 26.7 Å². The number of nitrogens with zero attached hydrogens (tertiary/aromatic N) is 2. The van der Waals surface area contributed by atoms with E-state index in [1.165, 1.54) is 19.0 Å². The lowest BCUT2D eigenvalue weighted by atomic mass is 10.2. The molecule has 116 valence electrons. The van der Waals surface area contributed by atoms with Crippen molar-refractivity contribution in [3.8, 4) is 0 Å². The summed E-state index contributed by atoms with van der Waals surface area (Å²) < 4.78 is 52.6. The van der Waals surface area contributed by atoms with E-state index in [1.807, 2.05) is 0 Å². The molecule has 1 amide bonds. The van der Waals surface area contributed by atoms with Gasteiger partial charge < -0.3 is 4.90 Å². The lowest BCUT2D eigenvalue weighted by Crippen LogP contribution is -2.45. The van der Waals surface area contributed by atoms with Gasteiger partial charge in [-0.25, -0.2) is 17.2 Å². The molecule has 21 heavy (non-hydrogen) atoms. The first-order valence-corrected chi connectivity index (χ1v) is 7.87. The largest absolute Gasteiger partial charge is 0.347 e. The molecular weight excluding hydrogens is 302 g/mol. The highest BCUT2D eigenvalue weighted by Gasteiger charge is 2.41. The molecule has 0 aromatic heterocycles. The summed E-state index contributed by atoms with van der Waals surface area (Å²) in [5.74, 6) is -2.36. The molecule has 0 radical (unpaired) electrons. The van der Waals surface area contributed by atoms with Gasteiger partial charge in [-0.05, 0) is 25.0 Å². The van der Waals surface area contributed by atoms with Gasteiger partial charge in [0.2, 0.25) is 15.9 Å². The van der Waals surface area contributed by atoms with Crippen molar-refractivity contribution < 1.29 is 22.0 Å². The minimum atomic E-state index is -4.17. The standard InChI is InChI=1S/C13H16F2N2O3S/c1-16(2)13(18)11-4-3-7-17(11)21(19,20)12-6-5-9(14)8-10(12)15/h5-6,8,11H,3-4,7H2,1-2H3. The van der Waals surface area contributed by atoms with E-state index >= 15 is 0 Å². The van der Waals surface area contributed by atoms with Gasteiger partial charge in [-0.1, -0.05) is 0 Å². The van der Waals surface area contributed by atoms with Crippen molar-refractivity contribution in [1.29, 1.82) is 0 Å². The minimum absolute atomic E-state index is 0.142. The second kappa shape index (κ2) is 5.69. The predicted octanol–water partition coefficient (Wildman–Crippen LogP) is 1.21. The average Bonchev–Trinajstić information content (AvgIpc) is 2.86. The number of amides is 1. The van der Waals surface area contributed by atoms with Crippen molar-refractivity contribution >= 4 is 15.9 Å². The average molecular weight is 318 g/mol. The summed E-state index contributed by atoms with van der Waals surface area (Å²) >= 11 is 0. The van der Waals surface area contributed by atoms with E-state index in [0.717, 1.165) is 16.4 Å². The van der Waals surface area contributed by atoms with Gasteiger partial charge in [0.25, 0.3) is 0 Å². The van der Waals surface area contributed by atoms with Gasteiger partial charge >= 0.3 is 0 Å². The summed E-state index contributed by atoms with van der Waals surface area (Å²) in [5, 5.41) is 0. The van der Waals surface area contributed by atoms with E-state index in [4.69, 9.17) is 0 Å². The van der Waals surface area contributed by atoms with Crippen LogP contribution < -0.4 is 0 Å². The predicted molar refractivity (Wildman–Crippen MR) is 72.0 cm³/mol. The Labute approximate surface area is 122 Å². The molecule has 1 aromatic rings. The molecule has 1 aliphatic rings. The third kappa shape index (κ3) is 2.91. The molecule has 0 saturated carbocycles. The molecule has 1 aromatic carbocycles. The zero-order valence-electron chi connectivity index (χ0n) is 11.7. The van der Waals surface area contributed by atoms with Gasteiger partial charge in [0.1, 0.15) is 22.6 Å². The Bertz CT molecular complexity index is 661. The Kier molecular flexibility index (Phi) is 4.29. The first-order chi connectivity index (χ1) is 9.75. The quantitative estimate of drug-likeness (QED) is 0.841. The zero-order chi connectivity index (χ0) is 15.8. The third-order valence-corrected chi connectivity index (χ3v) is 5.35. The fourth-order valence-corrected chi connectivity index (χ4v) is 4.08. The van der Waals surface area contributed by atoms with Gasteiger partial charge in [0.15, 0.2) is 0 Å². The van der Waals surface area contributed by atoms with Crippen LogP contribution in [0.25, 0.3) is 0 Å². The first-order valence-electron chi connectivity index (χ1n) is 6.43. The van der Waals surface area contributed by atoms with Crippen LogP contribution in [0.4, 0.5) is 8.78 Å². The molecule has 1 unspecified atom stereocenters. The van der Waals surface area contributed by atoms with Crippen molar-refractivity contribution in [2.75, 3.05) is 20.6 Å². The summed E-state index contributed by atoms with van der Waals surface area (Å²) in [6, 6.07) is 1.45. The molecular formula is C13H16F2N2O3S. The smallest absolute Gasteiger partial charge is 0.246 e. The molecule has 0 N–H and O–H groups in total. The van der Waals surface area contributed by atoms with E-state index in [-0.39, 0.29) is 12.5 Å². The molecule has 2 rings (SSSR count). The van der Waals surface area contributed by atoms with Crippen LogP contribution in [0.2, 0.25) is 0 Å².